The molecule has 1 aliphatic rings. The summed E-state index contributed by atoms with van der Waals surface area (Å²) in [7, 11) is 5.48. The van der Waals surface area contributed by atoms with Crippen molar-refractivity contribution in [1.29, 1.82) is 0 Å². The fraction of sp³-hybridized carbons (Fsp3) is 0.348. The molecule has 1 saturated heterocycles. The molecule has 1 fully saturated rings. The molecule has 2 aromatic rings. The number of amides is 1. The highest BCUT2D eigenvalue weighted by Crippen LogP contribution is 2.39. The summed E-state index contributed by atoms with van der Waals surface area (Å²) in [5.41, 5.74) is 1.89. The number of pyridine rings is 1. The summed E-state index contributed by atoms with van der Waals surface area (Å²) in [5, 5.41) is 11.1. The lowest BCUT2D eigenvalue weighted by atomic mass is 9.97. The van der Waals surface area contributed by atoms with Crippen LogP contribution in [0.1, 0.15) is 29.3 Å². The lowest BCUT2D eigenvalue weighted by Crippen LogP contribution is -2.32. The van der Waals surface area contributed by atoms with Gasteiger partial charge in [-0.05, 0) is 69.9 Å². The Balaban J connectivity index is 2.08. The number of ketones is 1. The topological polar surface area (TPSA) is 83.0 Å². The Morgan fingerprint density at radius 3 is 2.60 bits per heavy atom. The molecule has 0 radical (unpaired) electrons. The molecule has 1 N–H and O–H groups in total. The van der Waals surface area contributed by atoms with E-state index in [-0.39, 0.29) is 11.3 Å². The van der Waals surface area contributed by atoms with E-state index in [2.05, 4.69) is 4.98 Å². The molecule has 0 saturated carbocycles. The Bertz CT molecular complexity index is 970. The van der Waals surface area contributed by atoms with Crippen LogP contribution < -0.4 is 4.74 Å². The van der Waals surface area contributed by atoms with Crippen molar-refractivity contribution >= 4 is 17.4 Å². The van der Waals surface area contributed by atoms with E-state index in [4.69, 9.17) is 4.74 Å². The molecule has 1 aromatic heterocycles. The van der Waals surface area contributed by atoms with E-state index in [1.54, 1.807) is 49.7 Å². The number of hydrogen-bond donors (Lipinski definition) is 1. The summed E-state index contributed by atoms with van der Waals surface area (Å²) in [5.74, 6) is -0.834. The third kappa shape index (κ3) is 4.21. The van der Waals surface area contributed by atoms with Crippen molar-refractivity contribution in [2.45, 2.75) is 19.4 Å². The maximum atomic E-state index is 12.9. The van der Waals surface area contributed by atoms with Crippen molar-refractivity contribution in [3.8, 4) is 5.75 Å². The molecule has 7 nitrogen and oxygen atoms in total. The van der Waals surface area contributed by atoms with Crippen LogP contribution in [0.25, 0.3) is 5.76 Å². The lowest BCUT2D eigenvalue weighted by Gasteiger charge is -2.25. The number of methoxy groups -OCH3 is 1. The molecule has 1 atom stereocenters. The average molecular weight is 409 g/mol. The minimum Gasteiger partial charge on any atom is -0.507 e. The van der Waals surface area contributed by atoms with Gasteiger partial charge in [0.15, 0.2) is 0 Å². The summed E-state index contributed by atoms with van der Waals surface area (Å²) in [6.45, 7) is 3.02. The van der Waals surface area contributed by atoms with Gasteiger partial charge < -0.3 is 19.6 Å². The van der Waals surface area contributed by atoms with E-state index in [1.165, 1.54) is 4.90 Å². The summed E-state index contributed by atoms with van der Waals surface area (Å²) < 4.78 is 5.27. The smallest absolute Gasteiger partial charge is 0.295 e. The van der Waals surface area contributed by atoms with Crippen molar-refractivity contribution in [2.24, 2.45) is 0 Å². The molecule has 0 aliphatic carbocycles. The SMILES string of the molecule is COc1ccc(C(O)=C2C(=O)C(=O)N(CCCN(C)C)[C@H]2c2ccccn2)cc1C. The van der Waals surface area contributed by atoms with Gasteiger partial charge in [0.25, 0.3) is 11.7 Å². The van der Waals surface area contributed by atoms with Crippen LogP contribution in [0.3, 0.4) is 0 Å². The molecule has 158 valence electrons. The monoisotopic (exact) mass is 409 g/mol. The fourth-order valence-corrected chi connectivity index (χ4v) is 3.69. The number of nitrogens with zero attached hydrogens (tertiary/aromatic N) is 3. The van der Waals surface area contributed by atoms with Crippen LogP contribution in [0.5, 0.6) is 5.75 Å². The quantitative estimate of drug-likeness (QED) is 0.430. The van der Waals surface area contributed by atoms with Gasteiger partial charge >= 0.3 is 0 Å². The van der Waals surface area contributed by atoms with Crippen LogP contribution >= 0.6 is 0 Å². The number of rotatable bonds is 7. The van der Waals surface area contributed by atoms with Gasteiger partial charge in [-0.15, -0.1) is 0 Å². The van der Waals surface area contributed by atoms with E-state index in [9.17, 15) is 14.7 Å². The number of aryl methyl sites for hydroxylation is 1. The highest BCUT2D eigenvalue weighted by atomic mass is 16.5. The highest BCUT2D eigenvalue weighted by Gasteiger charge is 2.46. The first-order valence-electron chi connectivity index (χ1n) is 9.84. The zero-order chi connectivity index (χ0) is 21.8. The Hall–Kier alpha value is -3.19. The van der Waals surface area contributed by atoms with Gasteiger partial charge in [0.05, 0.1) is 18.4 Å². The average Bonchev–Trinajstić information content (AvgIpc) is 2.98. The highest BCUT2D eigenvalue weighted by molar-refractivity contribution is 6.46. The van der Waals surface area contributed by atoms with E-state index in [0.29, 0.717) is 30.0 Å². The Morgan fingerprint density at radius 2 is 2.00 bits per heavy atom. The number of aliphatic hydroxyl groups is 1. The minimum atomic E-state index is -0.726. The van der Waals surface area contributed by atoms with E-state index in [0.717, 1.165) is 12.1 Å². The number of aromatic nitrogens is 1. The Morgan fingerprint density at radius 1 is 1.23 bits per heavy atom. The molecule has 0 unspecified atom stereocenters. The maximum absolute atomic E-state index is 12.9. The molecule has 2 heterocycles. The van der Waals surface area contributed by atoms with Crippen LogP contribution in [0, 0.1) is 6.92 Å². The number of hydrogen-bond acceptors (Lipinski definition) is 6. The van der Waals surface area contributed by atoms with Crippen molar-refractivity contribution < 1.29 is 19.4 Å². The van der Waals surface area contributed by atoms with E-state index < -0.39 is 17.7 Å². The first-order valence-corrected chi connectivity index (χ1v) is 9.84. The standard InChI is InChI=1S/C23H27N3O4/c1-15-14-16(9-10-18(15)30-4)21(27)19-20(17-8-5-6-11-24-17)26(23(29)22(19)28)13-7-12-25(2)3/h5-6,8-11,14,20,27H,7,12-13H2,1-4H3/t20-/m0/s1. The van der Waals surface area contributed by atoms with Crippen molar-refractivity contribution in [1.82, 2.24) is 14.8 Å². The molecular weight excluding hydrogens is 382 g/mol. The van der Waals surface area contributed by atoms with Gasteiger partial charge in [0.2, 0.25) is 0 Å². The minimum absolute atomic E-state index is 0.0631. The molecule has 1 aromatic carbocycles. The maximum Gasteiger partial charge on any atom is 0.295 e. The molecule has 7 heteroatoms. The number of benzene rings is 1. The second-order valence-electron chi connectivity index (χ2n) is 7.59. The molecule has 30 heavy (non-hydrogen) atoms. The largest absolute Gasteiger partial charge is 0.507 e. The second-order valence-corrected chi connectivity index (χ2v) is 7.59. The van der Waals surface area contributed by atoms with Crippen molar-refractivity contribution in [2.75, 3.05) is 34.3 Å². The van der Waals surface area contributed by atoms with Crippen molar-refractivity contribution in [3.63, 3.8) is 0 Å². The van der Waals surface area contributed by atoms with Gasteiger partial charge in [0, 0.05) is 18.3 Å². The summed E-state index contributed by atoms with van der Waals surface area (Å²) in [6, 6.07) is 9.76. The van der Waals surface area contributed by atoms with Gasteiger partial charge in [-0.3, -0.25) is 14.6 Å². The van der Waals surface area contributed by atoms with Crippen LogP contribution in [0.4, 0.5) is 0 Å². The van der Waals surface area contributed by atoms with Crippen molar-refractivity contribution in [3.05, 3.63) is 65.0 Å². The first-order chi connectivity index (χ1) is 14.3. The van der Waals surface area contributed by atoms with Crippen LogP contribution in [0.15, 0.2) is 48.2 Å². The third-order valence-electron chi connectivity index (χ3n) is 5.18. The van der Waals surface area contributed by atoms with Crippen LogP contribution in [-0.2, 0) is 9.59 Å². The molecule has 1 aliphatic heterocycles. The second kappa shape index (κ2) is 9.09. The van der Waals surface area contributed by atoms with Gasteiger partial charge in [0.1, 0.15) is 17.6 Å². The molecular formula is C23H27N3O4. The predicted octanol–water partition coefficient (Wildman–Crippen LogP) is 2.77. The van der Waals surface area contributed by atoms with E-state index >= 15 is 0 Å². The normalized spacial score (nSPS) is 18.3. The lowest BCUT2D eigenvalue weighted by molar-refractivity contribution is -0.140. The molecule has 0 bridgehead atoms. The summed E-state index contributed by atoms with van der Waals surface area (Å²) >= 11 is 0. The number of likely N-dealkylation sites (tertiary alicyclic amines) is 1. The van der Waals surface area contributed by atoms with Crippen LogP contribution in [0.2, 0.25) is 0 Å². The first kappa shape index (κ1) is 21.5. The number of carbonyl (C=O) groups is 2. The summed E-state index contributed by atoms with van der Waals surface area (Å²) in [4.78, 5) is 33.7. The van der Waals surface area contributed by atoms with Gasteiger partial charge in [-0.25, -0.2) is 0 Å². The molecule has 1 amide bonds. The Labute approximate surface area is 176 Å². The number of aliphatic hydroxyl groups excluding tert-OH is 1. The Kier molecular flexibility index (Phi) is 6.52. The third-order valence-corrected chi connectivity index (χ3v) is 5.18. The van der Waals surface area contributed by atoms with Gasteiger partial charge in [-0.2, -0.15) is 0 Å². The number of carbonyl (C=O) groups excluding carboxylic acids is 2. The van der Waals surface area contributed by atoms with E-state index in [1.807, 2.05) is 25.9 Å². The fourth-order valence-electron chi connectivity index (χ4n) is 3.69. The predicted molar refractivity (Wildman–Crippen MR) is 114 cm³/mol. The zero-order valence-corrected chi connectivity index (χ0v) is 17.8. The molecule has 0 spiro atoms. The van der Waals surface area contributed by atoms with Crippen LogP contribution in [-0.4, -0.2) is 65.9 Å². The number of ether oxygens (including phenoxy) is 1. The molecule has 3 rings (SSSR count). The van der Waals surface area contributed by atoms with Gasteiger partial charge in [-0.1, -0.05) is 6.07 Å². The summed E-state index contributed by atoms with van der Waals surface area (Å²) in [6.07, 6.45) is 2.32. The number of Topliss-reactive ketones (excluding diaryl/α,β-unsaturated/α-hetero) is 1. The zero-order valence-electron chi connectivity index (χ0n) is 17.8.